The van der Waals surface area contributed by atoms with E-state index in [-0.39, 0.29) is 19.1 Å². The van der Waals surface area contributed by atoms with Gasteiger partial charge in [-0.15, -0.1) is 0 Å². The molecule has 2 heterocycles. The van der Waals surface area contributed by atoms with Crippen LogP contribution in [0.1, 0.15) is 24.0 Å². The second kappa shape index (κ2) is 7.94. The fraction of sp³-hybridized carbons (Fsp3) is 0.611. The Morgan fingerprint density at radius 2 is 1.92 bits per heavy atom. The Balaban J connectivity index is 1.77. The summed E-state index contributed by atoms with van der Waals surface area (Å²) >= 11 is 0. The van der Waals surface area contributed by atoms with Crippen LogP contribution in [0, 0.1) is 0 Å². The van der Waals surface area contributed by atoms with Crippen molar-refractivity contribution >= 4 is 5.91 Å². The number of carbonyl (C=O) groups is 1. The van der Waals surface area contributed by atoms with Gasteiger partial charge in [-0.05, 0) is 24.5 Å². The summed E-state index contributed by atoms with van der Waals surface area (Å²) in [6.07, 6.45) is -4.01. The fourth-order valence-corrected chi connectivity index (χ4v) is 3.36. The molecule has 1 N–H and O–H groups in total. The van der Waals surface area contributed by atoms with Crippen LogP contribution >= 0.6 is 0 Å². The van der Waals surface area contributed by atoms with Crippen molar-refractivity contribution in [2.24, 2.45) is 0 Å². The van der Waals surface area contributed by atoms with E-state index in [1.807, 2.05) is 0 Å². The number of nitrogens with one attached hydrogen (secondary N) is 1. The van der Waals surface area contributed by atoms with Gasteiger partial charge in [0.05, 0.1) is 25.4 Å². The molecule has 144 valence electrons. The van der Waals surface area contributed by atoms with Gasteiger partial charge in [-0.2, -0.15) is 13.2 Å². The SMILES string of the molecule is O=C(NCC1(c2cccc(C(F)(F)F)c2)CCOCC1)C1COCCO1. The minimum atomic E-state index is -4.40. The lowest BCUT2D eigenvalue weighted by atomic mass is 9.73. The molecule has 0 radical (unpaired) electrons. The van der Waals surface area contributed by atoms with Crippen LogP contribution in [0.15, 0.2) is 24.3 Å². The Bertz CT molecular complexity index is 623. The van der Waals surface area contributed by atoms with Crippen molar-refractivity contribution in [1.29, 1.82) is 0 Å². The minimum absolute atomic E-state index is 0.186. The maximum atomic E-state index is 13.1. The van der Waals surface area contributed by atoms with E-state index >= 15 is 0 Å². The first kappa shape index (κ1) is 19.1. The summed E-state index contributed by atoms with van der Waals surface area (Å²) in [5.74, 6) is -0.303. The predicted octanol–water partition coefficient (Wildman–Crippen LogP) is 2.29. The van der Waals surface area contributed by atoms with E-state index in [2.05, 4.69) is 5.32 Å². The van der Waals surface area contributed by atoms with Crippen LogP contribution in [0.5, 0.6) is 0 Å². The molecular formula is C18H22F3NO4. The number of ether oxygens (including phenoxy) is 3. The second-order valence-corrected chi connectivity index (χ2v) is 6.62. The maximum absolute atomic E-state index is 13.1. The lowest BCUT2D eigenvalue weighted by Crippen LogP contribution is -2.49. The first-order valence-corrected chi connectivity index (χ1v) is 8.63. The van der Waals surface area contributed by atoms with Gasteiger partial charge in [-0.3, -0.25) is 4.79 Å². The van der Waals surface area contributed by atoms with Gasteiger partial charge in [-0.1, -0.05) is 18.2 Å². The van der Waals surface area contributed by atoms with Gasteiger partial charge >= 0.3 is 6.18 Å². The molecule has 1 aromatic carbocycles. The molecular weight excluding hydrogens is 351 g/mol. The summed E-state index contributed by atoms with van der Waals surface area (Å²) in [6, 6.07) is 5.34. The number of halogens is 3. The fourth-order valence-electron chi connectivity index (χ4n) is 3.36. The molecule has 2 aliphatic heterocycles. The maximum Gasteiger partial charge on any atom is 0.416 e. The van der Waals surface area contributed by atoms with Gasteiger partial charge in [0.25, 0.3) is 5.91 Å². The van der Waals surface area contributed by atoms with Crippen molar-refractivity contribution < 1.29 is 32.2 Å². The van der Waals surface area contributed by atoms with Gasteiger partial charge in [0.2, 0.25) is 0 Å². The molecule has 2 saturated heterocycles. The highest BCUT2D eigenvalue weighted by Crippen LogP contribution is 2.37. The number of hydrogen-bond donors (Lipinski definition) is 1. The van der Waals surface area contributed by atoms with Gasteiger partial charge in [0.1, 0.15) is 0 Å². The Hall–Kier alpha value is -1.64. The molecule has 3 rings (SSSR count). The molecule has 0 bridgehead atoms. The van der Waals surface area contributed by atoms with Crippen LogP contribution < -0.4 is 5.32 Å². The summed E-state index contributed by atoms with van der Waals surface area (Å²) in [7, 11) is 0. The lowest BCUT2D eigenvalue weighted by Gasteiger charge is -2.38. The zero-order valence-electron chi connectivity index (χ0n) is 14.3. The predicted molar refractivity (Wildman–Crippen MR) is 86.7 cm³/mol. The first-order chi connectivity index (χ1) is 12.4. The number of rotatable bonds is 4. The van der Waals surface area contributed by atoms with Gasteiger partial charge in [-0.25, -0.2) is 0 Å². The van der Waals surface area contributed by atoms with Gasteiger partial charge in [0, 0.05) is 25.2 Å². The summed E-state index contributed by atoms with van der Waals surface area (Å²) in [6.45, 7) is 2.10. The summed E-state index contributed by atoms with van der Waals surface area (Å²) < 4.78 is 55.3. The molecule has 1 amide bonds. The minimum Gasteiger partial charge on any atom is -0.381 e. The van der Waals surface area contributed by atoms with Crippen LogP contribution in [0.4, 0.5) is 13.2 Å². The van der Waals surface area contributed by atoms with E-state index in [1.54, 1.807) is 6.07 Å². The Labute approximate surface area is 149 Å². The molecule has 0 aliphatic carbocycles. The van der Waals surface area contributed by atoms with Crippen LogP contribution in [-0.4, -0.2) is 51.6 Å². The van der Waals surface area contributed by atoms with Gasteiger partial charge < -0.3 is 19.5 Å². The van der Waals surface area contributed by atoms with E-state index in [1.165, 1.54) is 12.1 Å². The van der Waals surface area contributed by atoms with Crippen molar-refractivity contribution in [2.75, 3.05) is 39.6 Å². The normalized spacial score (nSPS) is 23.4. The molecule has 2 fully saturated rings. The molecule has 1 unspecified atom stereocenters. The number of alkyl halides is 3. The van der Waals surface area contributed by atoms with Crippen LogP contribution in [0.2, 0.25) is 0 Å². The molecule has 1 aromatic rings. The van der Waals surface area contributed by atoms with Crippen LogP contribution in [-0.2, 0) is 30.6 Å². The highest BCUT2D eigenvalue weighted by Gasteiger charge is 2.38. The largest absolute Gasteiger partial charge is 0.416 e. The molecule has 0 spiro atoms. The Morgan fingerprint density at radius 3 is 2.58 bits per heavy atom. The molecule has 8 heteroatoms. The topological polar surface area (TPSA) is 56.8 Å². The summed E-state index contributed by atoms with van der Waals surface area (Å²) in [4.78, 5) is 12.3. The standard InChI is InChI=1S/C18H22F3NO4/c19-18(20,21)14-3-1-2-13(10-14)17(4-6-24-7-5-17)12-22-16(23)15-11-25-8-9-26-15/h1-3,10,15H,4-9,11-12H2,(H,22,23). The first-order valence-electron chi connectivity index (χ1n) is 8.63. The average molecular weight is 373 g/mol. The summed E-state index contributed by atoms with van der Waals surface area (Å²) in [5.41, 5.74) is -0.710. The van der Waals surface area contributed by atoms with Gasteiger partial charge in [0.15, 0.2) is 6.10 Å². The third kappa shape index (κ3) is 4.36. The second-order valence-electron chi connectivity index (χ2n) is 6.62. The number of amides is 1. The molecule has 0 saturated carbocycles. The van der Waals surface area contributed by atoms with Crippen molar-refractivity contribution in [1.82, 2.24) is 5.32 Å². The third-order valence-corrected chi connectivity index (χ3v) is 4.96. The number of hydrogen-bond acceptors (Lipinski definition) is 4. The van der Waals surface area contributed by atoms with Crippen molar-refractivity contribution in [3.63, 3.8) is 0 Å². The van der Waals surface area contributed by atoms with E-state index in [9.17, 15) is 18.0 Å². The Morgan fingerprint density at radius 1 is 1.15 bits per heavy atom. The quantitative estimate of drug-likeness (QED) is 0.880. The monoisotopic (exact) mass is 373 g/mol. The molecule has 26 heavy (non-hydrogen) atoms. The van der Waals surface area contributed by atoms with Crippen molar-refractivity contribution in [3.8, 4) is 0 Å². The zero-order chi connectivity index (χ0) is 18.6. The highest BCUT2D eigenvalue weighted by atomic mass is 19.4. The van der Waals surface area contributed by atoms with E-state index in [0.29, 0.717) is 44.8 Å². The van der Waals surface area contributed by atoms with Crippen LogP contribution in [0.3, 0.4) is 0 Å². The van der Waals surface area contributed by atoms with Crippen molar-refractivity contribution in [3.05, 3.63) is 35.4 Å². The zero-order valence-corrected chi connectivity index (χ0v) is 14.3. The average Bonchev–Trinajstić information content (AvgIpc) is 2.67. The molecule has 0 aromatic heterocycles. The lowest BCUT2D eigenvalue weighted by molar-refractivity contribution is -0.148. The van der Waals surface area contributed by atoms with Crippen molar-refractivity contribution in [2.45, 2.75) is 30.5 Å². The highest BCUT2D eigenvalue weighted by molar-refractivity contribution is 5.81. The molecule has 1 atom stereocenters. The molecule has 5 nitrogen and oxygen atoms in total. The third-order valence-electron chi connectivity index (χ3n) is 4.96. The van der Waals surface area contributed by atoms with E-state index in [4.69, 9.17) is 14.2 Å². The van der Waals surface area contributed by atoms with Crippen LogP contribution in [0.25, 0.3) is 0 Å². The number of carbonyl (C=O) groups excluding carboxylic acids is 1. The smallest absolute Gasteiger partial charge is 0.381 e. The number of benzene rings is 1. The summed E-state index contributed by atoms with van der Waals surface area (Å²) in [5, 5.41) is 2.84. The molecule has 2 aliphatic rings. The van der Waals surface area contributed by atoms with E-state index in [0.717, 1.165) is 6.07 Å². The van der Waals surface area contributed by atoms with E-state index < -0.39 is 23.3 Å². The Kier molecular flexibility index (Phi) is 5.84.